The van der Waals surface area contributed by atoms with E-state index in [2.05, 4.69) is 24.0 Å². The van der Waals surface area contributed by atoms with E-state index in [4.69, 9.17) is 5.14 Å². The minimum Gasteiger partial charge on any atom is -0.368 e. The van der Waals surface area contributed by atoms with Gasteiger partial charge < -0.3 is 9.80 Å². The Labute approximate surface area is 149 Å². The SMILES string of the molecule is Cc1ccccc1N1CCN(C(=O)C2CCN(S(N)(=O)=O)CC2)CC1. The first-order valence-corrected chi connectivity index (χ1v) is 10.2. The number of piperidine rings is 1. The van der Waals surface area contributed by atoms with E-state index in [1.165, 1.54) is 15.6 Å². The van der Waals surface area contributed by atoms with Gasteiger partial charge in [-0.15, -0.1) is 0 Å². The van der Waals surface area contributed by atoms with Gasteiger partial charge in [-0.2, -0.15) is 12.7 Å². The Hall–Kier alpha value is -1.64. The van der Waals surface area contributed by atoms with Crippen LogP contribution in [-0.2, 0) is 15.0 Å². The average molecular weight is 366 g/mol. The zero-order chi connectivity index (χ0) is 18.0. The first kappa shape index (κ1) is 18.2. The molecule has 0 atom stereocenters. The largest absolute Gasteiger partial charge is 0.368 e. The standard InChI is InChI=1S/C17H26N4O3S/c1-14-4-2-3-5-16(14)19-10-12-20(13-11-19)17(22)15-6-8-21(9-7-15)25(18,23)24/h2-5,15H,6-13H2,1H3,(H2,18,23,24). The predicted octanol–water partition coefficient (Wildman–Crippen LogP) is 0.559. The molecule has 0 aliphatic carbocycles. The summed E-state index contributed by atoms with van der Waals surface area (Å²) in [6, 6.07) is 8.30. The van der Waals surface area contributed by atoms with E-state index in [1.807, 2.05) is 17.0 Å². The highest BCUT2D eigenvalue weighted by molar-refractivity contribution is 7.86. The number of piperazine rings is 1. The second kappa shape index (κ2) is 7.31. The Kier molecular flexibility index (Phi) is 5.31. The molecular weight excluding hydrogens is 340 g/mol. The van der Waals surface area contributed by atoms with E-state index in [-0.39, 0.29) is 11.8 Å². The molecule has 1 aromatic carbocycles. The molecule has 2 aliphatic rings. The second-order valence-corrected chi connectivity index (χ2v) is 8.36. The number of amides is 1. The summed E-state index contributed by atoms with van der Waals surface area (Å²) in [4.78, 5) is 17.0. The van der Waals surface area contributed by atoms with Crippen LogP contribution >= 0.6 is 0 Å². The van der Waals surface area contributed by atoms with E-state index in [0.717, 1.165) is 13.1 Å². The molecule has 1 aromatic rings. The smallest absolute Gasteiger partial charge is 0.276 e. The zero-order valence-corrected chi connectivity index (χ0v) is 15.4. The summed E-state index contributed by atoms with van der Waals surface area (Å²) in [5, 5.41) is 5.15. The summed E-state index contributed by atoms with van der Waals surface area (Å²) in [6.45, 7) is 5.84. The van der Waals surface area contributed by atoms with Crippen LogP contribution in [0.15, 0.2) is 24.3 Å². The highest BCUT2D eigenvalue weighted by Gasteiger charge is 2.33. The van der Waals surface area contributed by atoms with Gasteiger partial charge in [0.05, 0.1) is 0 Å². The molecule has 1 amide bonds. The number of rotatable bonds is 3. The topological polar surface area (TPSA) is 86.9 Å². The first-order valence-electron chi connectivity index (χ1n) is 8.73. The average Bonchev–Trinajstić information content (AvgIpc) is 2.61. The molecule has 2 heterocycles. The maximum atomic E-state index is 12.7. The molecule has 3 rings (SSSR count). The number of carbonyl (C=O) groups excluding carboxylic acids is 1. The molecule has 0 spiro atoms. The lowest BCUT2D eigenvalue weighted by atomic mass is 9.96. The van der Waals surface area contributed by atoms with Crippen LogP contribution in [0.5, 0.6) is 0 Å². The van der Waals surface area contributed by atoms with E-state index in [1.54, 1.807) is 0 Å². The van der Waals surface area contributed by atoms with Crippen LogP contribution in [-0.4, -0.2) is 62.8 Å². The van der Waals surface area contributed by atoms with E-state index in [9.17, 15) is 13.2 Å². The van der Waals surface area contributed by atoms with Gasteiger partial charge in [0.15, 0.2) is 0 Å². The third-order valence-corrected chi connectivity index (χ3v) is 6.30. The number of para-hydroxylation sites is 1. The number of nitrogens with zero attached hydrogens (tertiary/aromatic N) is 3. The number of hydrogen-bond acceptors (Lipinski definition) is 4. The molecule has 2 saturated heterocycles. The molecule has 0 unspecified atom stereocenters. The zero-order valence-electron chi connectivity index (χ0n) is 14.6. The van der Waals surface area contributed by atoms with Crippen LogP contribution in [0.1, 0.15) is 18.4 Å². The maximum Gasteiger partial charge on any atom is 0.276 e. The van der Waals surface area contributed by atoms with Gasteiger partial charge in [0.25, 0.3) is 10.2 Å². The van der Waals surface area contributed by atoms with Gasteiger partial charge >= 0.3 is 0 Å². The summed E-state index contributed by atoms with van der Waals surface area (Å²) in [7, 11) is -3.64. The maximum absolute atomic E-state index is 12.7. The Morgan fingerprint density at radius 2 is 1.64 bits per heavy atom. The van der Waals surface area contributed by atoms with Crippen molar-refractivity contribution in [2.24, 2.45) is 11.1 Å². The van der Waals surface area contributed by atoms with Gasteiger partial charge in [-0.1, -0.05) is 18.2 Å². The van der Waals surface area contributed by atoms with Crippen molar-refractivity contribution >= 4 is 21.8 Å². The summed E-state index contributed by atoms with van der Waals surface area (Å²) in [5.41, 5.74) is 2.48. The minimum atomic E-state index is -3.64. The van der Waals surface area contributed by atoms with Crippen LogP contribution in [0.3, 0.4) is 0 Å². The van der Waals surface area contributed by atoms with Crippen molar-refractivity contribution in [2.75, 3.05) is 44.2 Å². The van der Waals surface area contributed by atoms with Crippen molar-refractivity contribution in [1.82, 2.24) is 9.21 Å². The van der Waals surface area contributed by atoms with Crippen LogP contribution in [0.4, 0.5) is 5.69 Å². The Morgan fingerprint density at radius 1 is 1.04 bits per heavy atom. The molecule has 0 aromatic heterocycles. The fourth-order valence-electron chi connectivity index (χ4n) is 3.70. The van der Waals surface area contributed by atoms with Gasteiger partial charge in [-0.05, 0) is 31.4 Å². The van der Waals surface area contributed by atoms with Crippen molar-refractivity contribution in [1.29, 1.82) is 0 Å². The summed E-state index contributed by atoms with van der Waals surface area (Å²) in [6.07, 6.45) is 1.10. The summed E-state index contributed by atoms with van der Waals surface area (Å²) >= 11 is 0. The molecule has 2 fully saturated rings. The van der Waals surface area contributed by atoms with Gasteiger partial charge in [-0.3, -0.25) is 4.79 Å². The Bertz CT molecular complexity index is 721. The van der Waals surface area contributed by atoms with E-state index < -0.39 is 10.2 Å². The summed E-state index contributed by atoms with van der Waals surface area (Å²) < 4.78 is 24.0. The van der Waals surface area contributed by atoms with Crippen LogP contribution in [0.2, 0.25) is 0 Å². The third kappa shape index (κ3) is 4.13. The molecule has 0 saturated carbocycles. The van der Waals surface area contributed by atoms with Crippen LogP contribution in [0, 0.1) is 12.8 Å². The van der Waals surface area contributed by atoms with Crippen molar-refractivity contribution in [2.45, 2.75) is 19.8 Å². The van der Waals surface area contributed by atoms with Crippen molar-refractivity contribution in [3.8, 4) is 0 Å². The van der Waals surface area contributed by atoms with Crippen molar-refractivity contribution in [3.63, 3.8) is 0 Å². The quantitative estimate of drug-likeness (QED) is 0.847. The monoisotopic (exact) mass is 366 g/mol. The van der Waals surface area contributed by atoms with Gasteiger partial charge in [0.2, 0.25) is 5.91 Å². The van der Waals surface area contributed by atoms with Crippen LogP contribution in [0.25, 0.3) is 0 Å². The highest BCUT2D eigenvalue weighted by atomic mass is 32.2. The summed E-state index contributed by atoms with van der Waals surface area (Å²) in [5.74, 6) is 0.0570. The Morgan fingerprint density at radius 3 is 2.20 bits per heavy atom. The molecule has 25 heavy (non-hydrogen) atoms. The number of benzene rings is 1. The lowest BCUT2D eigenvalue weighted by Crippen LogP contribution is -2.52. The van der Waals surface area contributed by atoms with Crippen molar-refractivity contribution in [3.05, 3.63) is 29.8 Å². The number of nitrogens with two attached hydrogens (primary N) is 1. The highest BCUT2D eigenvalue weighted by Crippen LogP contribution is 2.24. The fraction of sp³-hybridized carbons (Fsp3) is 0.588. The minimum absolute atomic E-state index is 0.0944. The van der Waals surface area contributed by atoms with Gasteiger partial charge in [0.1, 0.15) is 0 Å². The molecule has 0 radical (unpaired) electrons. The molecule has 0 bridgehead atoms. The van der Waals surface area contributed by atoms with Crippen LogP contribution < -0.4 is 10.0 Å². The lowest BCUT2D eigenvalue weighted by molar-refractivity contribution is -0.137. The fourth-order valence-corrected chi connectivity index (χ4v) is 4.42. The number of anilines is 1. The second-order valence-electron chi connectivity index (χ2n) is 6.82. The van der Waals surface area contributed by atoms with E-state index >= 15 is 0 Å². The lowest BCUT2D eigenvalue weighted by Gasteiger charge is -2.39. The number of aryl methyl sites for hydroxylation is 1. The Balaban J connectivity index is 1.53. The molecule has 7 nitrogen and oxygen atoms in total. The number of carbonyl (C=O) groups is 1. The van der Waals surface area contributed by atoms with E-state index in [0.29, 0.717) is 39.0 Å². The molecule has 8 heteroatoms. The third-order valence-electron chi connectivity index (χ3n) is 5.21. The predicted molar refractivity (Wildman–Crippen MR) is 97.4 cm³/mol. The molecule has 2 aliphatic heterocycles. The van der Waals surface area contributed by atoms with Gasteiger partial charge in [-0.25, -0.2) is 5.14 Å². The molecular formula is C17H26N4O3S. The molecule has 138 valence electrons. The van der Waals surface area contributed by atoms with Crippen molar-refractivity contribution < 1.29 is 13.2 Å². The number of hydrogen-bond donors (Lipinski definition) is 1. The first-order chi connectivity index (χ1) is 11.9. The normalized spacial score (nSPS) is 20.7. The molecule has 2 N–H and O–H groups in total. The van der Waals surface area contributed by atoms with Gasteiger partial charge in [0, 0.05) is 50.9 Å².